The maximum absolute atomic E-state index is 12.5. The van der Waals surface area contributed by atoms with Gasteiger partial charge in [0.1, 0.15) is 11.3 Å². The minimum atomic E-state index is -0.903. The lowest BCUT2D eigenvalue weighted by molar-refractivity contribution is -0.217. The van der Waals surface area contributed by atoms with Crippen LogP contribution in [-0.4, -0.2) is 24.0 Å². The van der Waals surface area contributed by atoms with Crippen LogP contribution in [0.2, 0.25) is 0 Å². The van der Waals surface area contributed by atoms with Crippen LogP contribution in [-0.2, 0) is 25.4 Å². The summed E-state index contributed by atoms with van der Waals surface area (Å²) in [4.78, 5) is 12.5. The Morgan fingerprint density at radius 2 is 1.88 bits per heavy atom. The van der Waals surface area contributed by atoms with Gasteiger partial charge in [0.15, 0.2) is 0 Å². The van der Waals surface area contributed by atoms with Gasteiger partial charge >= 0.3 is 5.97 Å². The SMILES string of the molecule is CC(C)C[C@@H]1O[C@H](CCc2ccccc2)CC2=C1C(=O)OC(C)(C)O2. The molecular formula is C21H28O4. The van der Waals surface area contributed by atoms with E-state index in [-0.39, 0.29) is 18.2 Å². The van der Waals surface area contributed by atoms with E-state index in [1.165, 1.54) is 5.56 Å². The summed E-state index contributed by atoms with van der Waals surface area (Å²) in [7, 11) is 0. The van der Waals surface area contributed by atoms with Crippen LogP contribution in [0.15, 0.2) is 41.7 Å². The summed E-state index contributed by atoms with van der Waals surface area (Å²) in [6, 6.07) is 10.4. The molecule has 4 heteroatoms. The molecule has 4 nitrogen and oxygen atoms in total. The predicted molar refractivity (Wildman–Crippen MR) is 95.8 cm³/mol. The zero-order valence-electron chi connectivity index (χ0n) is 15.6. The Bertz CT molecular complexity index is 645. The van der Waals surface area contributed by atoms with Crippen molar-refractivity contribution in [2.24, 2.45) is 5.92 Å². The second-order valence-corrected chi connectivity index (χ2v) is 7.83. The van der Waals surface area contributed by atoms with E-state index in [1.54, 1.807) is 13.8 Å². The highest BCUT2D eigenvalue weighted by Crippen LogP contribution is 2.38. The molecule has 0 saturated heterocycles. The maximum Gasteiger partial charge on any atom is 0.343 e. The molecule has 3 rings (SSSR count). The predicted octanol–water partition coefficient (Wildman–Crippen LogP) is 4.39. The van der Waals surface area contributed by atoms with Gasteiger partial charge in [0, 0.05) is 20.3 Å². The molecule has 136 valence electrons. The molecule has 0 N–H and O–H groups in total. The molecule has 0 aromatic heterocycles. The van der Waals surface area contributed by atoms with Crippen molar-refractivity contribution in [2.45, 2.75) is 71.4 Å². The highest BCUT2D eigenvalue weighted by molar-refractivity contribution is 5.91. The van der Waals surface area contributed by atoms with Gasteiger partial charge in [0.05, 0.1) is 12.2 Å². The molecule has 2 atom stereocenters. The fourth-order valence-electron chi connectivity index (χ4n) is 3.53. The number of hydrogen-bond acceptors (Lipinski definition) is 4. The second kappa shape index (κ2) is 7.20. The molecule has 0 bridgehead atoms. The Hall–Kier alpha value is -1.81. The number of carbonyl (C=O) groups excluding carboxylic acids is 1. The molecule has 0 amide bonds. The number of rotatable bonds is 5. The third kappa shape index (κ3) is 4.43. The minimum absolute atomic E-state index is 0.0596. The Morgan fingerprint density at radius 1 is 1.16 bits per heavy atom. The minimum Gasteiger partial charge on any atom is -0.456 e. The van der Waals surface area contributed by atoms with E-state index in [1.807, 2.05) is 6.07 Å². The molecule has 1 aromatic rings. The van der Waals surface area contributed by atoms with Gasteiger partial charge in [0.2, 0.25) is 5.79 Å². The molecule has 2 aliphatic rings. The topological polar surface area (TPSA) is 44.8 Å². The van der Waals surface area contributed by atoms with Crippen molar-refractivity contribution in [3.05, 3.63) is 47.2 Å². The monoisotopic (exact) mass is 344 g/mol. The summed E-state index contributed by atoms with van der Waals surface area (Å²) in [6.07, 6.45) is 3.11. The molecule has 2 heterocycles. The standard InChI is InChI=1S/C21H28O4/c1-14(2)12-17-19-18(24-21(3,4)25-20(19)22)13-16(23-17)11-10-15-8-6-5-7-9-15/h5-9,14,16-17H,10-13H2,1-4H3/t16-,17+/m1/s1. The molecule has 25 heavy (non-hydrogen) atoms. The summed E-state index contributed by atoms with van der Waals surface area (Å²) in [6.45, 7) is 7.83. The number of aryl methyl sites for hydroxylation is 1. The number of cyclic esters (lactones) is 1. The van der Waals surface area contributed by atoms with Crippen molar-refractivity contribution in [3.63, 3.8) is 0 Å². The lowest BCUT2D eigenvalue weighted by Crippen LogP contribution is -2.45. The third-order valence-electron chi connectivity index (χ3n) is 4.60. The van der Waals surface area contributed by atoms with Crippen LogP contribution in [0.4, 0.5) is 0 Å². The summed E-state index contributed by atoms with van der Waals surface area (Å²) in [5, 5.41) is 0. The molecule has 0 saturated carbocycles. The number of benzene rings is 1. The van der Waals surface area contributed by atoms with Crippen molar-refractivity contribution in [1.82, 2.24) is 0 Å². The Labute approximate surface area is 150 Å². The number of esters is 1. The van der Waals surface area contributed by atoms with Crippen molar-refractivity contribution >= 4 is 5.97 Å². The Morgan fingerprint density at radius 3 is 2.56 bits per heavy atom. The van der Waals surface area contributed by atoms with Crippen molar-refractivity contribution in [3.8, 4) is 0 Å². The molecule has 0 fully saturated rings. The average molecular weight is 344 g/mol. The summed E-state index contributed by atoms with van der Waals surface area (Å²) >= 11 is 0. The number of hydrogen-bond donors (Lipinski definition) is 0. The second-order valence-electron chi connectivity index (χ2n) is 7.83. The molecular weight excluding hydrogens is 316 g/mol. The highest BCUT2D eigenvalue weighted by atomic mass is 16.7. The number of ether oxygens (including phenoxy) is 3. The smallest absolute Gasteiger partial charge is 0.343 e. The first-order chi connectivity index (χ1) is 11.8. The first-order valence-electron chi connectivity index (χ1n) is 9.19. The van der Waals surface area contributed by atoms with Gasteiger partial charge in [-0.3, -0.25) is 0 Å². The van der Waals surface area contributed by atoms with E-state index >= 15 is 0 Å². The van der Waals surface area contributed by atoms with Crippen LogP contribution in [0, 0.1) is 5.92 Å². The van der Waals surface area contributed by atoms with E-state index in [0.29, 0.717) is 17.9 Å². The molecule has 0 unspecified atom stereocenters. The van der Waals surface area contributed by atoms with Crippen LogP contribution in [0.25, 0.3) is 0 Å². The van der Waals surface area contributed by atoms with E-state index in [4.69, 9.17) is 14.2 Å². The summed E-state index contributed by atoms with van der Waals surface area (Å²) in [5.74, 6) is -0.0106. The van der Waals surface area contributed by atoms with Crippen LogP contribution in [0.1, 0.15) is 52.5 Å². The maximum atomic E-state index is 12.5. The quantitative estimate of drug-likeness (QED) is 0.743. The van der Waals surface area contributed by atoms with Gasteiger partial charge in [0.25, 0.3) is 0 Å². The zero-order chi connectivity index (χ0) is 18.0. The summed E-state index contributed by atoms with van der Waals surface area (Å²) < 4.78 is 17.7. The molecule has 0 radical (unpaired) electrons. The molecule has 0 spiro atoms. The van der Waals surface area contributed by atoms with Crippen LogP contribution < -0.4 is 0 Å². The Balaban J connectivity index is 1.77. The Kier molecular flexibility index (Phi) is 5.19. The highest BCUT2D eigenvalue weighted by Gasteiger charge is 2.43. The third-order valence-corrected chi connectivity index (χ3v) is 4.60. The fourth-order valence-corrected chi connectivity index (χ4v) is 3.53. The first-order valence-corrected chi connectivity index (χ1v) is 9.19. The summed E-state index contributed by atoms with van der Waals surface area (Å²) in [5.41, 5.74) is 1.89. The molecule has 2 aliphatic heterocycles. The van der Waals surface area contributed by atoms with Crippen molar-refractivity contribution in [1.29, 1.82) is 0 Å². The lowest BCUT2D eigenvalue weighted by atomic mass is 9.91. The van der Waals surface area contributed by atoms with Gasteiger partial charge in [-0.2, -0.15) is 0 Å². The van der Waals surface area contributed by atoms with E-state index in [2.05, 4.69) is 38.1 Å². The van der Waals surface area contributed by atoms with Gasteiger partial charge in [-0.05, 0) is 30.7 Å². The van der Waals surface area contributed by atoms with Crippen molar-refractivity contribution < 1.29 is 19.0 Å². The van der Waals surface area contributed by atoms with Crippen LogP contribution in [0.3, 0.4) is 0 Å². The zero-order valence-corrected chi connectivity index (χ0v) is 15.6. The van der Waals surface area contributed by atoms with Gasteiger partial charge in [-0.1, -0.05) is 44.2 Å². The normalized spacial score (nSPS) is 25.4. The lowest BCUT2D eigenvalue weighted by Gasteiger charge is -2.41. The van der Waals surface area contributed by atoms with Gasteiger partial charge in [-0.25, -0.2) is 4.79 Å². The van der Waals surface area contributed by atoms with E-state index in [0.717, 1.165) is 25.0 Å². The van der Waals surface area contributed by atoms with Gasteiger partial charge < -0.3 is 14.2 Å². The van der Waals surface area contributed by atoms with Crippen LogP contribution in [0.5, 0.6) is 0 Å². The molecule has 0 aliphatic carbocycles. The largest absolute Gasteiger partial charge is 0.456 e. The molecule has 1 aromatic carbocycles. The first kappa shape index (κ1) is 18.0. The van der Waals surface area contributed by atoms with Crippen LogP contribution >= 0.6 is 0 Å². The number of carbonyl (C=O) groups is 1. The van der Waals surface area contributed by atoms with E-state index < -0.39 is 5.79 Å². The van der Waals surface area contributed by atoms with E-state index in [9.17, 15) is 4.79 Å². The average Bonchev–Trinajstić information content (AvgIpc) is 2.51. The van der Waals surface area contributed by atoms with Gasteiger partial charge in [-0.15, -0.1) is 0 Å². The van der Waals surface area contributed by atoms with Crippen molar-refractivity contribution in [2.75, 3.05) is 0 Å². The fraction of sp³-hybridized carbons (Fsp3) is 0.571.